The van der Waals surface area contributed by atoms with Gasteiger partial charge in [-0.05, 0) is 0 Å². The van der Waals surface area contributed by atoms with Gasteiger partial charge in [-0.2, -0.15) is 0 Å². The summed E-state index contributed by atoms with van der Waals surface area (Å²) in [6.07, 6.45) is -0.345. The molecule has 0 radical (unpaired) electrons. The lowest BCUT2D eigenvalue weighted by atomic mass is 10.1. The van der Waals surface area contributed by atoms with Crippen LogP contribution in [0.3, 0.4) is 0 Å². The predicted octanol–water partition coefficient (Wildman–Crippen LogP) is -2.56. The van der Waals surface area contributed by atoms with Gasteiger partial charge in [0.15, 0.2) is 0 Å². The van der Waals surface area contributed by atoms with Gasteiger partial charge in [-0.25, -0.2) is 0 Å². The molecule has 14 heavy (non-hydrogen) atoms. The van der Waals surface area contributed by atoms with Gasteiger partial charge < -0.3 is 20.4 Å². The molecule has 2 saturated heterocycles. The Morgan fingerprint density at radius 2 is 2.21 bits per heavy atom. The largest absolute Gasteiger partial charge is 0.394 e. The summed E-state index contributed by atoms with van der Waals surface area (Å²) < 4.78 is 0. The van der Waals surface area contributed by atoms with E-state index in [0.717, 1.165) is 0 Å². The Morgan fingerprint density at radius 1 is 1.50 bits per heavy atom. The van der Waals surface area contributed by atoms with E-state index >= 15 is 0 Å². The molecule has 2 aliphatic rings. The first kappa shape index (κ1) is 9.42. The van der Waals surface area contributed by atoms with E-state index in [1.54, 1.807) is 0 Å². The standard InChI is InChI=1S/C8H12N2O4/c11-3-5-8(14)10-2-4(12)1-6(10)7(13)9-5/h4-6,11-12H,1-3H2,(H,9,13)/t4?,5-,6-/m0/s1. The number of hydrogen-bond acceptors (Lipinski definition) is 4. The fourth-order valence-electron chi connectivity index (χ4n) is 1.96. The number of carbonyl (C=O) groups is 2. The second-order valence-corrected chi connectivity index (χ2v) is 3.64. The minimum atomic E-state index is -0.843. The zero-order valence-electron chi connectivity index (χ0n) is 7.51. The summed E-state index contributed by atoms with van der Waals surface area (Å²) >= 11 is 0. The lowest BCUT2D eigenvalue weighted by molar-refractivity contribution is -0.148. The van der Waals surface area contributed by atoms with E-state index in [2.05, 4.69) is 5.32 Å². The molecule has 0 spiro atoms. The normalized spacial score (nSPS) is 37.0. The van der Waals surface area contributed by atoms with E-state index in [-0.39, 0.29) is 24.8 Å². The number of amides is 2. The number of nitrogens with zero attached hydrogens (tertiary/aromatic N) is 1. The highest BCUT2D eigenvalue weighted by Gasteiger charge is 2.45. The molecule has 0 saturated carbocycles. The van der Waals surface area contributed by atoms with E-state index in [1.165, 1.54) is 4.90 Å². The van der Waals surface area contributed by atoms with Gasteiger partial charge in [0.25, 0.3) is 0 Å². The van der Waals surface area contributed by atoms with Crippen molar-refractivity contribution in [1.29, 1.82) is 0 Å². The molecule has 2 amide bonds. The molecule has 0 aromatic rings. The molecule has 78 valence electrons. The first-order valence-electron chi connectivity index (χ1n) is 4.53. The molecule has 2 rings (SSSR count). The number of aliphatic hydroxyl groups excluding tert-OH is 2. The Balaban J connectivity index is 2.20. The molecule has 6 nitrogen and oxygen atoms in total. The topological polar surface area (TPSA) is 89.9 Å². The van der Waals surface area contributed by atoms with Crippen molar-refractivity contribution in [1.82, 2.24) is 10.2 Å². The molecule has 3 atom stereocenters. The highest BCUT2D eigenvalue weighted by atomic mass is 16.3. The van der Waals surface area contributed by atoms with Crippen LogP contribution in [0.15, 0.2) is 0 Å². The zero-order valence-corrected chi connectivity index (χ0v) is 7.51. The van der Waals surface area contributed by atoms with Crippen LogP contribution in [0.4, 0.5) is 0 Å². The summed E-state index contributed by atoms with van der Waals surface area (Å²) in [7, 11) is 0. The molecule has 3 N–H and O–H groups in total. The molecular formula is C8H12N2O4. The number of nitrogens with one attached hydrogen (secondary N) is 1. The summed E-state index contributed by atoms with van der Waals surface area (Å²) in [5.74, 6) is -0.603. The van der Waals surface area contributed by atoms with Crippen molar-refractivity contribution in [3.63, 3.8) is 0 Å². The third kappa shape index (κ3) is 1.27. The average molecular weight is 200 g/mol. The van der Waals surface area contributed by atoms with Gasteiger partial charge in [0, 0.05) is 13.0 Å². The van der Waals surface area contributed by atoms with Crippen LogP contribution in [0.5, 0.6) is 0 Å². The van der Waals surface area contributed by atoms with Gasteiger partial charge in [-0.1, -0.05) is 0 Å². The zero-order chi connectivity index (χ0) is 10.3. The van der Waals surface area contributed by atoms with Crippen molar-refractivity contribution in [2.75, 3.05) is 13.2 Å². The van der Waals surface area contributed by atoms with Gasteiger partial charge >= 0.3 is 0 Å². The molecule has 2 fully saturated rings. The van der Waals surface area contributed by atoms with E-state index in [0.29, 0.717) is 0 Å². The number of rotatable bonds is 1. The number of hydrogen-bond donors (Lipinski definition) is 3. The summed E-state index contributed by atoms with van der Waals surface area (Å²) in [5.41, 5.74) is 0. The Bertz CT molecular complexity index is 281. The molecule has 2 aliphatic heterocycles. The van der Waals surface area contributed by atoms with Crippen molar-refractivity contribution in [3.8, 4) is 0 Å². The summed E-state index contributed by atoms with van der Waals surface area (Å²) in [4.78, 5) is 24.3. The quantitative estimate of drug-likeness (QED) is 0.434. The monoisotopic (exact) mass is 200 g/mol. The average Bonchev–Trinajstić information content (AvgIpc) is 2.54. The Morgan fingerprint density at radius 3 is 2.86 bits per heavy atom. The molecule has 2 heterocycles. The fraction of sp³-hybridized carbons (Fsp3) is 0.750. The maximum absolute atomic E-state index is 11.6. The maximum Gasteiger partial charge on any atom is 0.248 e. The second-order valence-electron chi connectivity index (χ2n) is 3.64. The third-order valence-electron chi connectivity index (χ3n) is 2.66. The number of piperazine rings is 1. The van der Waals surface area contributed by atoms with Crippen molar-refractivity contribution in [2.24, 2.45) is 0 Å². The molecular weight excluding hydrogens is 188 g/mol. The van der Waals surface area contributed by atoms with Crippen molar-refractivity contribution >= 4 is 11.8 Å². The van der Waals surface area contributed by atoms with E-state index < -0.39 is 24.8 Å². The lowest BCUT2D eigenvalue weighted by Crippen LogP contribution is -2.62. The van der Waals surface area contributed by atoms with Crippen molar-refractivity contribution in [3.05, 3.63) is 0 Å². The van der Waals surface area contributed by atoms with Crippen LogP contribution in [0.25, 0.3) is 0 Å². The number of aliphatic hydroxyl groups is 2. The highest BCUT2D eigenvalue weighted by Crippen LogP contribution is 2.22. The minimum absolute atomic E-state index is 0.188. The van der Waals surface area contributed by atoms with Crippen LogP contribution < -0.4 is 5.32 Å². The maximum atomic E-state index is 11.6. The second kappa shape index (κ2) is 3.21. The van der Waals surface area contributed by atoms with Crippen LogP contribution >= 0.6 is 0 Å². The van der Waals surface area contributed by atoms with E-state index in [1.807, 2.05) is 0 Å². The van der Waals surface area contributed by atoms with Crippen LogP contribution in [0.2, 0.25) is 0 Å². The first-order chi connectivity index (χ1) is 6.63. The van der Waals surface area contributed by atoms with E-state index in [4.69, 9.17) is 5.11 Å². The fourth-order valence-corrected chi connectivity index (χ4v) is 1.96. The third-order valence-corrected chi connectivity index (χ3v) is 2.66. The first-order valence-corrected chi connectivity index (χ1v) is 4.53. The smallest absolute Gasteiger partial charge is 0.248 e. The summed E-state index contributed by atoms with van der Waals surface area (Å²) in [6.45, 7) is -0.211. The lowest BCUT2D eigenvalue weighted by Gasteiger charge is -2.33. The Kier molecular flexibility index (Phi) is 2.16. The van der Waals surface area contributed by atoms with Gasteiger partial charge in [-0.3, -0.25) is 9.59 Å². The molecule has 0 aromatic carbocycles. The van der Waals surface area contributed by atoms with Crippen LogP contribution in [-0.2, 0) is 9.59 Å². The minimum Gasteiger partial charge on any atom is -0.394 e. The van der Waals surface area contributed by atoms with Crippen molar-refractivity contribution in [2.45, 2.75) is 24.6 Å². The van der Waals surface area contributed by atoms with Gasteiger partial charge in [-0.15, -0.1) is 0 Å². The number of fused-ring (bicyclic) bond motifs is 1. The van der Waals surface area contributed by atoms with Crippen molar-refractivity contribution < 1.29 is 19.8 Å². The van der Waals surface area contributed by atoms with Crippen LogP contribution in [0, 0.1) is 0 Å². The van der Waals surface area contributed by atoms with Gasteiger partial charge in [0.05, 0.1) is 12.7 Å². The Hall–Kier alpha value is -1.14. The van der Waals surface area contributed by atoms with Gasteiger partial charge in [0.1, 0.15) is 12.1 Å². The SMILES string of the molecule is O=C1N[C@@H](CO)C(=O)N2CC(O)C[C@@H]12. The van der Waals surface area contributed by atoms with Crippen LogP contribution in [0.1, 0.15) is 6.42 Å². The predicted molar refractivity (Wildman–Crippen MR) is 45.1 cm³/mol. The molecule has 0 aliphatic carbocycles. The molecule has 0 aromatic heterocycles. The molecule has 6 heteroatoms. The Labute approximate surface area is 80.5 Å². The van der Waals surface area contributed by atoms with E-state index in [9.17, 15) is 14.7 Å². The summed E-state index contributed by atoms with van der Waals surface area (Å²) in [6, 6.07) is -1.40. The summed E-state index contributed by atoms with van der Waals surface area (Å²) in [5, 5.41) is 20.6. The molecule has 1 unspecified atom stereocenters. The molecule has 0 bridgehead atoms. The number of carbonyl (C=O) groups excluding carboxylic acids is 2. The van der Waals surface area contributed by atoms with Crippen LogP contribution in [-0.4, -0.2) is 58.3 Å². The highest BCUT2D eigenvalue weighted by molar-refractivity contribution is 5.97. The van der Waals surface area contributed by atoms with Gasteiger partial charge in [0.2, 0.25) is 11.8 Å².